The summed E-state index contributed by atoms with van der Waals surface area (Å²) in [5, 5.41) is 13.6. The van der Waals surface area contributed by atoms with Gasteiger partial charge in [-0.15, -0.1) is 0 Å². The summed E-state index contributed by atoms with van der Waals surface area (Å²) < 4.78 is 0. The fraction of sp³-hybridized carbons (Fsp3) is 0.100. The molecule has 1 amide bonds. The summed E-state index contributed by atoms with van der Waals surface area (Å²) in [4.78, 5) is 26.9. The van der Waals surface area contributed by atoms with Gasteiger partial charge in [-0.3, -0.25) is 19.9 Å². The van der Waals surface area contributed by atoms with Gasteiger partial charge in [0.25, 0.3) is 11.6 Å². The van der Waals surface area contributed by atoms with Crippen LogP contribution in [0.4, 0.5) is 5.69 Å². The molecule has 1 unspecified atom stereocenters. The van der Waals surface area contributed by atoms with E-state index in [1.54, 1.807) is 24.4 Å². The zero-order chi connectivity index (χ0) is 18.5. The molecule has 0 aliphatic rings. The Kier molecular flexibility index (Phi) is 5.03. The van der Waals surface area contributed by atoms with Crippen LogP contribution < -0.4 is 5.32 Å². The number of amides is 1. The number of pyridine rings is 1. The largest absolute Gasteiger partial charge is 0.344 e. The standard InChI is InChI=1S/C20H17N3O3/c1-14(15-7-10-18(11-8-15)23(25)26)22-20(24)19-12-9-17(13-21-19)16-5-3-2-4-6-16/h2-14H,1H3,(H,22,24). The van der Waals surface area contributed by atoms with Gasteiger partial charge in [-0.25, -0.2) is 0 Å². The first-order chi connectivity index (χ1) is 12.5. The Morgan fingerprint density at radius 2 is 1.69 bits per heavy atom. The summed E-state index contributed by atoms with van der Waals surface area (Å²) >= 11 is 0. The van der Waals surface area contributed by atoms with Crippen LogP contribution in [0.3, 0.4) is 0 Å². The molecule has 0 spiro atoms. The third-order valence-electron chi connectivity index (χ3n) is 4.05. The van der Waals surface area contributed by atoms with Crippen molar-refractivity contribution in [3.63, 3.8) is 0 Å². The number of hydrogen-bond donors (Lipinski definition) is 1. The third-order valence-corrected chi connectivity index (χ3v) is 4.05. The zero-order valence-corrected chi connectivity index (χ0v) is 14.1. The number of non-ortho nitro benzene ring substituents is 1. The first-order valence-corrected chi connectivity index (χ1v) is 8.11. The second-order valence-corrected chi connectivity index (χ2v) is 5.84. The molecule has 0 fully saturated rings. The van der Waals surface area contributed by atoms with Gasteiger partial charge < -0.3 is 5.32 Å². The van der Waals surface area contributed by atoms with Crippen molar-refractivity contribution in [2.45, 2.75) is 13.0 Å². The maximum atomic E-state index is 12.4. The van der Waals surface area contributed by atoms with Crippen LogP contribution in [-0.2, 0) is 0 Å². The van der Waals surface area contributed by atoms with E-state index in [9.17, 15) is 14.9 Å². The number of benzene rings is 2. The summed E-state index contributed by atoms with van der Waals surface area (Å²) in [6.45, 7) is 1.82. The summed E-state index contributed by atoms with van der Waals surface area (Å²) in [6.07, 6.45) is 1.67. The average Bonchev–Trinajstić information content (AvgIpc) is 2.68. The Morgan fingerprint density at radius 3 is 2.27 bits per heavy atom. The third kappa shape index (κ3) is 3.92. The minimum atomic E-state index is -0.453. The van der Waals surface area contributed by atoms with Crippen LogP contribution >= 0.6 is 0 Å². The van der Waals surface area contributed by atoms with Crippen molar-refractivity contribution in [2.75, 3.05) is 0 Å². The first-order valence-electron chi connectivity index (χ1n) is 8.11. The molecule has 0 radical (unpaired) electrons. The molecule has 0 saturated heterocycles. The van der Waals surface area contributed by atoms with E-state index in [0.29, 0.717) is 5.69 Å². The second kappa shape index (κ2) is 7.57. The van der Waals surface area contributed by atoms with E-state index in [-0.39, 0.29) is 17.6 Å². The lowest BCUT2D eigenvalue weighted by Gasteiger charge is -2.14. The summed E-state index contributed by atoms with van der Waals surface area (Å²) in [6, 6.07) is 19.1. The summed E-state index contributed by atoms with van der Waals surface area (Å²) in [5.41, 5.74) is 3.09. The second-order valence-electron chi connectivity index (χ2n) is 5.84. The highest BCUT2D eigenvalue weighted by molar-refractivity contribution is 5.92. The van der Waals surface area contributed by atoms with Gasteiger partial charge in [0.2, 0.25) is 0 Å². The topological polar surface area (TPSA) is 85.1 Å². The lowest BCUT2D eigenvalue weighted by Crippen LogP contribution is -2.27. The molecule has 130 valence electrons. The number of rotatable bonds is 5. The molecule has 2 aromatic carbocycles. The van der Waals surface area contributed by atoms with Gasteiger partial charge in [0.15, 0.2) is 0 Å². The highest BCUT2D eigenvalue weighted by Crippen LogP contribution is 2.19. The zero-order valence-electron chi connectivity index (χ0n) is 14.1. The summed E-state index contributed by atoms with van der Waals surface area (Å²) in [5.74, 6) is -0.296. The molecule has 1 N–H and O–H groups in total. The van der Waals surface area contributed by atoms with Crippen LogP contribution in [0.2, 0.25) is 0 Å². The molecule has 26 heavy (non-hydrogen) atoms. The van der Waals surface area contributed by atoms with Crippen molar-refractivity contribution in [3.8, 4) is 11.1 Å². The Bertz CT molecular complexity index is 907. The van der Waals surface area contributed by atoms with Crippen molar-refractivity contribution in [1.29, 1.82) is 0 Å². The highest BCUT2D eigenvalue weighted by atomic mass is 16.6. The molecule has 1 heterocycles. The van der Waals surface area contributed by atoms with Gasteiger partial charge in [0.05, 0.1) is 11.0 Å². The molecule has 1 atom stereocenters. The maximum absolute atomic E-state index is 12.4. The quantitative estimate of drug-likeness (QED) is 0.555. The van der Waals surface area contributed by atoms with E-state index >= 15 is 0 Å². The van der Waals surface area contributed by atoms with E-state index < -0.39 is 4.92 Å². The molecule has 1 aromatic heterocycles. The minimum absolute atomic E-state index is 0.0189. The Hall–Kier alpha value is -3.54. The monoisotopic (exact) mass is 347 g/mol. The minimum Gasteiger partial charge on any atom is -0.344 e. The Balaban J connectivity index is 1.68. The van der Waals surface area contributed by atoms with Gasteiger partial charge in [0.1, 0.15) is 5.69 Å². The Morgan fingerprint density at radius 1 is 1.00 bits per heavy atom. The van der Waals surface area contributed by atoms with Crippen LogP contribution in [0.15, 0.2) is 72.9 Å². The van der Waals surface area contributed by atoms with Crippen LogP contribution in [0.5, 0.6) is 0 Å². The smallest absolute Gasteiger partial charge is 0.270 e. The lowest BCUT2D eigenvalue weighted by molar-refractivity contribution is -0.384. The molecular weight excluding hydrogens is 330 g/mol. The number of aromatic nitrogens is 1. The number of nitrogens with one attached hydrogen (secondary N) is 1. The van der Waals surface area contributed by atoms with Gasteiger partial charge >= 0.3 is 0 Å². The average molecular weight is 347 g/mol. The molecule has 0 aliphatic heterocycles. The predicted molar refractivity (Wildman–Crippen MR) is 98.7 cm³/mol. The molecular formula is C20H17N3O3. The SMILES string of the molecule is CC(NC(=O)c1ccc(-c2ccccc2)cn1)c1ccc([N+](=O)[O-])cc1. The number of nitrogens with zero attached hydrogens (tertiary/aromatic N) is 2. The van der Waals surface area contributed by atoms with E-state index in [1.165, 1.54) is 12.1 Å². The lowest BCUT2D eigenvalue weighted by atomic mass is 10.1. The van der Waals surface area contributed by atoms with E-state index in [1.807, 2.05) is 43.3 Å². The molecule has 0 aliphatic carbocycles. The van der Waals surface area contributed by atoms with Crippen molar-refractivity contribution in [1.82, 2.24) is 10.3 Å². The van der Waals surface area contributed by atoms with Crippen molar-refractivity contribution >= 4 is 11.6 Å². The van der Waals surface area contributed by atoms with Crippen LogP contribution in [0.1, 0.15) is 29.0 Å². The van der Waals surface area contributed by atoms with Crippen LogP contribution in [0.25, 0.3) is 11.1 Å². The van der Waals surface area contributed by atoms with E-state index in [2.05, 4.69) is 10.3 Å². The number of nitro benzene ring substituents is 1. The van der Waals surface area contributed by atoms with Crippen molar-refractivity contribution < 1.29 is 9.72 Å². The van der Waals surface area contributed by atoms with Gasteiger partial charge in [-0.05, 0) is 24.1 Å². The maximum Gasteiger partial charge on any atom is 0.270 e. The Labute approximate surface area is 150 Å². The van der Waals surface area contributed by atoms with Crippen LogP contribution in [0, 0.1) is 10.1 Å². The van der Waals surface area contributed by atoms with Gasteiger partial charge in [-0.2, -0.15) is 0 Å². The van der Waals surface area contributed by atoms with Gasteiger partial charge in [-0.1, -0.05) is 48.5 Å². The van der Waals surface area contributed by atoms with Crippen LogP contribution in [-0.4, -0.2) is 15.8 Å². The number of nitro groups is 1. The number of hydrogen-bond acceptors (Lipinski definition) is 4. The van der Waals surface area contributed by atoms with Crippen molar-refractivity contribution in [3.05, 3.63) is 94.3 Å². The van der Waals surface area contributed by atoms with E-state index in [0.717, 1.165) is 16.7 Å². The van der Waals surface area contributed by atoms with E-state index in [4.69, 9.17) is 0 Å². The number of carbonyl (C=O) groups excluding carboxylic acids is 1. The molecule has 6 nitrogen and oxygen atoms in total. The fourth-order valence-corrected chi connectivity index (χ4v) is 2.57. The first kappa shape index (κ1) is 17.3. The highest BCUT2D eigenvalue weighted by Gasteiger charge is 2.14. The fourth-order valence-electron chi connectivity index (χ4n) is 2.57. The van der Waals surface area contributed by atoms with Crippen molar-refractivity contribution in [2.24, 2.45) is 0 Å². The molecule has 3 rings (SSSR count). The molecule has 6 heteroatoms. The number of carbonyl (C=O) groups is 1. The normalized spacial score (nSPS) is 11.6. The molecule has 0 bridgehead atoms. The predicted octanol–water partition coefficient (Wildman–Crippen LogP) is 4.15. The van der Waals surface area contributed by atoms with Gasteiger partial charge in [0, 0.05) is 23.9 Å². The summed E-state index contributed by atoms with van der Waals surface area (Å²) in [7, 11) is 0. The molecule has 3 aromatic rings. The molecule has 0 saturated carbocycles.